The molecular formula is C15H19FN2O2. The number of ether oxygens (including phenoxy) is 1. The van der Waals surface area contributed by atoms with Crippen molar-refractivity contribution >= 4 is 5.91 Å². The second-order valence-electron chi connectivity index (χ2n) is 5.99. The number of amides is 1. The molecule has 2 fully saturated rings. The summed E-state index contributed by atoms with van der Waals surface area (Å²) in [4.78, 5) is 12.0. The van der Waals surface area contributed by atoms with E-state index >= 15 is 0 Å². The molecule has 108 valence electrons. The average Bonchev–Trinajstić information content (AvgIpc) is 3.03. The van der Waals surface area contributed by atoms with Gasteiger partial charge in [0.2, 0.25) is 0 Å². The van der Waals surface area contributed by atoms with E-state index in [4.69, 9.17) is 10.5 Å². The third-order valence-corrected chi connectivity index (χ3v) is 4.51. The minimum Gasteiger partial charge on any atom is -0.380 e. The highest BCUT2D eigenvalue weighted by Gasteiger charge is 2.60. The van der Waals surface area contributed by atoms with E-state index in [1.807, 2.05) is 0 Å². The Morgan fingerprint density at radius 1 is 1.50 bits per heavy atom. The van der Waals surface area contributed by atoms with E-state index in [1.54, 1.807) is 12.1 Å². The van der Waals surface area contributed by atoms with E-state index < -0.39 is 5.82 Å². The quantitative estimate of drug-likeness (QED) is 0.879. The third-order valence-electron chi connectivity index (χ3n) is 4.51. The molecule has 1 spiro atoms. The molecule has 2 saturated carbocycles. The van der Waals surface area contributed by atoms with Crippen LogP contribution in [0.5, 0.6) is 0 Å². The molecule has 1 amide bonds. The van der Waals surface area contributed by atoms with Gasteiger partial charge in [0.1, 0.15) is 5.82 Å². The Kier molecular flexibility index (Phi) is 3.26. The molecule has 1 unspecified atom stereocenters. The van der Waals surface area contributed by atoms with Crippen LogP contribution in [0.15, 0.2) is 18.2 Å². The molecular weight excluding hydrogens is 259 g/mol. The number of hydrogen-bond acceptors (Lipinski definition) is 3. The number of carbonyl (C=O) groups is 1. The van der Waals surface area contributed by atoms with Crippen LogP contribution >= 0.6 is 0 Å². The minimum atomic E-state index is -0.409. The molecule has 1 atom stereocenters. The molecule has 0 aromatic heterocycles. The smallest absolute Gasteiger partial charge is 0.251 e. The van der Waals surface area contributed by atoms with Gasteiger partial charge in [0.15, 0.2) is 0 Å². The Labute approximate surface area is 117 Å². The van der Waals surface area contributed by atoms with Crippen LogP contribution in [0.25, 0.3) is 0 Å². The van der Waals surface area contributed by atoms with E-state index in [0.717, 1.165) is 19.3 Å². The fourth-order valence-electron chi connectivity index (χ4n) is 3.10. The van der Waals surface area contributed by atoms with E-state index in [-0.39, 0.29) is 18.6 Å². The van der Waals surface area contributed by atoms with E-state index in [9.17, 15) is 9.18 Å². The highest BCUT2D eigenvalue weighted by molar-refractivity contribution is 5.94. The van der Waals surface area contributed by atoms with E-state index in [2.05, 4.69) is 5.32 Å². The maximum atomic E-state index is 13.7. The van der Waals surface area contributed by atoms with Crippen molar-refractivity contribution < 1.29 is 13.9 Å². The van der Waals surface area contributed by atoms with Crippen molar-refractivity contribution in [3.8, 4) is 0 Å². The molecule has 20 heavy (non-hydrogen) atoms. The predicted octanol–water partition coefficient (Wildman–Crippen LogP) is 1.58. The van der Waals surface area contributed by atoms with Gasteiger partial charge in [0.25, 0.3) is 5.91 Å². The molecule has 4 nitrogen and oxygen atoms in total. The summed E-state index contributed by atoms with van der Waals surface area (Å²) in [5.41, 5.74) is 6.96. The van der Waals surface area contributed by atoms with Crippen molar-refractivity contribution in [3.63, 3.8) is 0 Å². The number of halogens is 1. The monoisotopic (exact) mass is 278 g/mol. The number of nitrogens with one attached hydrogen (secondary N) is 1. The van der Waals surface area contributed by atoms with Gasteiger partial charge in [-0.2, -0.15) is 0 Å². The SMILES string of the molecule is COCc1ccc(C(=O)NC2CC3(C2)CC3N)cc1F. The van der Waals surface area contributed by atoms with Gasteiger partial charge < -0.3 is 15.8 Å². The van der Waals surface area contributed by atoms with Crippen LogP contribution < -0.4 is 11.1 Å². The zero-order chi connectivity index (χ0) is 14.3. The molecule has 0 heterocycles. The van der Waals surface area contributed by atoms with Gasteiger partial charge in [-0.05, 0) is 36.8 Å². The summed E-state index contributed by atoms with van der Waals surface area (Å²) >= 11 is 0. The zero-order valence-electron chi connectivity index (χ0n) is 11.5. The first-order valence-corrected chi connectivity index (χ1v) is 6.88. The lowest BCUT2D eigenvalue weighted by Gasteiger charge is -2.37. The van der Waals surface area contributed by atoms with Gasteiger partial charge in [0.05, 0.1) is 6.61 Å². The molecule has 3 N–H and O–H groups in total. The van der Waals surface area contributed by atoms with Crippen LogP contribution in [0.3, 0.4) is 0 Å². The van der Waals surface area contributed by atoms with Gasteiger partial charge >= 0.3 is 0 Å². The van der Waals surface area contributed by atoms with Gasteiger partial charge in [-0.1, -0.05) is 6.07 Å². The Bertz CT molecular complexity index is 541. The first kappa shape index (κ1) is 13.5. The lowest BCUT2D eigenvalue weighted by atomic mass is 9.76. The normalized spacial score (nSPS) is 30.9. The van der Waals surface area contributed by atoms with Gasteiger partial charge in [-0.25, -0.2) is 4.39 Å². The Morgan fingerprint density at radius 3 is 2.75 bits per heavy atom. The van der Waals surface area contributed by atoms with Gasteiger partial charge in [-0.15, -0.1) is 0 Å². The fourth-order valence-corrected chi connectivity index (χ4v) is 3.10. The van der Waals surface area contributed by atoms with Crippen molar-refractivity contribution in [2.45, 2.75) is 38.0 Å². The van der Waals surface area contributed by atoms with Crippen molar-refractivity contribution in [3.05, 3.63) is 35.1 Å². The lowest BCUT2D eigenvalue weighted by molar-refractivity contribution is 0.0873. The number of benzene rings is 1. The number of nitrogens with two attached hydrogens (primary N) is 1. The molecule has 1 aromatic rings. The van der Waals surface area contributed by atoms with Gasteiger partial charge in [0, 0.05) is 30.3 Å². The van der Waals surface area contributed by atoms with Crippen LogP contribution in [0.2, 0.25) is 0 Å². The number of carbonyl (C=O) groups excluding carboxylic acids is 1. The number of methoxy groups -OCH3 is 1. The fraction of sp³-hybridized carbons (Fsp3) is 0.533. The highest BCUT2D eigenvalue weighted by atomic mass is 19.1. The van der Waals surface area contributed by atoms with Gasteiger partial charge in [-0.3, -0.25) is 4.79 Å². The molecule has 2 aliphatic carbocycles. The van der Waals surface area contributed by atoms with Crippen LogP contribution in [0.4, 0.5) is 4.39 Å². The van der Waals surface area contributed by atoms with E-state index in [1.165, 1.54) is 13.2 Å². The van der Waals surface area contributed by atoms with Crippen LogP contribution in [-0.4, -0.2) is 25.1 Å². The summed E-state index contributed by atoms with van der Waals surface area (Å²) in [5.74, 6) is -0.629. The Balaban J connectivity index is 1.59. The number of hydrogen-bond donors (Lipinski definition) is 2. The largest absolute Gasteiger partial charge is 0.380 e. The summed E-state index contributed by atoms with van der Waals surface area (Å²) in [6.45, 7) is 0.205. The molecule has 3 rings (SSSR count). The minimum absolute atomic E-state index is 0.178. The highest BCUT2D eigenvalue weighted by Crippen LogP contribution is 2.59. The Morgan fingerprint density at radius 2 is 2.20 bits per heavy atom. The second kappa shape index (κ2) is 4.82. The summed E-state index contributed by atoms with van der Waals surface area (Å²) in [7, 11) is 1.51. The van der Waals surface area contributed by atoms with Crippen molar-refractivity contribution in [2.75, 3.05) is 7.11 Å². The Hall–Kier alpha value is -1.46. The summed E-state index contributed by atoms with van der Waals surface area (Å²) < 4.78 is 18.6. The number of rotatable bonds is 4. The average molecular weight is 278 g/mol. The predicted molar refractivity (Wildman–Crippen MR) is 72.6 cm³/mol. The standard InChI is InChI=1S/C15H19FN2O2/c1-20-8-10-3-2-9(4-12(10)16)14(19)18-11-5-15(6-11)7-13(15)17/h2-4,11,13H,5-8,17H2,1H3,(H,18,19). The third kappa shape index (κ3) is 2.31. The molecule has 0 bridgehead atoms. The summed E-state index contributed by atoms with van der Waals surface area (Å²) in [6, 6.07) is 4.97. The van der Waals surface area contributed by atoms with Crippen molar-refractivity contribution in [1.29, 1.82) is 0 Å². The van der Waals surface area contributed by atoms with E-state index in [0.29, 0.717) is 22.6 Å². The zero-order valence-corrected chi connectivity index (χ0v) is 11.5. The first-order valence-electron chi connectivity index (χ1n) is 6.88. The molecule has 0 radical (unpaired) electrons. The summed E-state index contributed by atoms with van der Waals surface area (Å²) in [6.07, 6.45) is 2.97. The summed E-state index contributed by atoms with van der Waals surface area (Å²) in [5, 5.41) is 2.94. The molecule has 0 aliphatic heterocycles. The maximum Gasteiger partial charge on any atom is 0.251 e. The van der Waals surface area contributed by atoms with Crippen LogP contribution in [0, 0.1) is 11.2 Å². The molecule has 0 saturated heterocycles. The van der Waals surface area contributed by atoms with Crippen LogP contribution in [-0.2, 0) is 11.3 Å². The van der Waals surface area contributed by atoms with Crippen molar-refractivity contribution in [1.82, 2.24) is 5.32 Å². The molecule has 2 aliphatic rings. The lowest BCUT2D eigenvalue weighted by Crippen LogP contribution is -2.47. The molecule has 5 heteroatoms. The topological polar surface area (TPSA) is 64.3 Å². The molecule has 1 aromatic carbocycles. The second-order valence-corrected chi connectivity index (χ2v) is 5.99. The van der Waals surface area contributed by atoms with Crippen LogP contribution in [0.1, 0.15) is 35.2 Å². The maximum absolute atomic E-state index is 13.7. The first-order chi connectivity index (χ1) is 9.54. The van der Waals surface area contributed by atoms with Crippen molar-refractivity contribution in [2.24, 2.45) is 11.1 Å².